The molecule has 0 aromatic rings. The lowest BCUT2D eigenvalue weighted by atomic mass is 9.98. The van der Waals surface area contributed by atoms with Crippen molar-refractivity contribution in [2.24, 2.45) is 16.6 Å². The maximum absolute atomic E-state index is 13.3. The maximum atomic E-state index is 13.3. The quantitative estimate of drug-likeness (QED) is 0.374. The van der Waals surface area contributed by atoms with Crippen LogP contribution in [0.1, 0.15) is 53.4 Å². The average molecular weight is 450 g/mol. The minimum absolute atomic E-state index is 0.191. The molecule has 2 aliphatic heterocycles. The maximum Gasteiger partial charge on any atom is 0.318 e. The molecule has 0 aromatic heterocycles. The molecule has 2 heterocycles. The molecule has 180 valence electrons. The lowest BCUT2D eigenvalue weighted by Gasteiger charge is -2.31. The van der Waals surface area contributed by atoms with Crippen LogP contribution in [0.4, 0.5) is 4.79 Å². The lowest BCUT2D eigenvalue weighted by molar-refractivity contribution is -0.124. The fraction of sp³-hybridized carbons (Fsp3) is 0.818. The van der Waals surface area contributed by atoms with Crippen LogP contribution >= 0.6 is 0 Å². The van der Waals surface area contributed by atoms with Crippen LogP contribution in [0.5, 0.6) is 0 Å². The number of hydrogen-bond donors (Lipinski definition) is 3. The van der Waals surface area contributed by atoms with E-state index in [1.807, 2.05) is 18.7 Å². The van der Waals surface area contributed by atoms with Gasteiger partial charge in [0.05, 0.1) is 19.3 Å². The standard InChI is InChI=1S/C22H39N7O3/c1-5-17(6-2)29-8-7-22(14-23,15-29)27-19(30)18(13-16(3)4)25-21(26-20(24)31)28-9-11-32-12-10-28/h16-18H,5-13,15H2,1-4H3,(H,27,30)(H3,24,25,26,31). The van der Waals surface area contributed by atoms with Gasteiger partial charge in [0.25, 0.3) is 0 Å². The van der Waals surface area contributed by atoms with Crippen molar-refractivity contribution in [1.82, 2.24) is 20.4 Å². The van der Waals surface area contributed by atoms with Crippen molar-refractivity contribution in [2.75, 3.05) is 39.4 Å². The summed E-state index contributed by atoms with van der Waals surface area (Å²) >= 11 is 0. The number of morpholine rings is 1. The Hall–Kier alpha value is -2.38. The highest BCUT2D eigenvalue weighted by Crippen LogP contribution is 2.25. The Bertz CT molecular complexity index is 711. The van der Waals surface area contributed by atoms with Crippen molar-refractivity contribution >= 4 is 17.9 Å². The van der Waals surface area contributed by atoms with Crippen molar-refractivity contribution in [3.8, 4) is 6.07 Å². The Labute approximate surface area is 191 Å². The van der Waals surface area contributed by atoms with Gasteiger partial charge in [0, 0.05) is 32.2 Å². The molecule has 2 aliphatic rings. The molecule has 0 aromatic carbocycles. The number of ether oxygens (including phenoxy) is 1. The number of carbonyl (C=O) groups excluding carboxylic acids is 2. The molecule has 10 heteroatoms. The van der Waals surface area contributed by atoms with Crippen LogP contribution in [0.25, 0.3) is 0 Å². The number of nitrogens with zero attached hydrogens (tertiary/aromatic N) is 4. The number of aliphatic imine (C=N–C) groups is 1. The third-order valence-corrected chi connectivity index (χ3v) is 6.16. The monoisotopic (exact) mass is 449 g/mol. The predicted octanol–water partition coefficient (Wildman–Crippen LogP) is 1.03. The van der Waals surface area contributed by atoms with Gasteiger partial charge in [0.15, 0.2) is 0 Å². The number of rotatable bonds is 8. The minimum atomic E-state index is -0.930. The number of nitrogens with two attached hydrogens (primary N) is 1. The average Bonchev–Trinajstić information content (AvgIpc) is 3.17. The summed E-state index contributed by atoms with van der Waals surface area (Å²) in [6.07, 6.45) is 3.08. The first kappa shape index (κ1) is 25.9. The number of guanidine groups is 1. The van der Waals surface area contributed by atoms with Gasteiger partial charge in [-0.1, -0.05) is 27.7 Å². The van der Waals surface area contributed by atoms with Crippen molar-refractivity contribution in [3.05, 3.63) is 0 Å². The zero-order chi connectivity index (χ0) is 23.7. The van der Waals surface area contributed by atoms with E-state index in [1.165, 1.54) is 0 Å². The molecule has 0 aliphatic carbocycles. The third-order valence-electron chi connectivity index (χ3n) is 6.16. The number of amides is 3. The molecule has 0 bridgehead atoms. The highest BCUT2D eigenvalue weighted by molar-refractivity contribution is 5.97. The van der Waals surface area contributed by atoms with Gasteiger partial charge in [0.2, 0.25) is 11.9 Å². The number of nitrogens with one attached hydrogen (secondary N) is 2. The van der Waals surface area contributed by atoms with E-state index in [0.29, 0.717) is 51.7 Å². The van der Waals surface area contributed by atoms with E-state index in [1.54, 1.807) is 0 Å². The summed E-state index contributed by atoms with van der Waals surface area (Å²) in [4.78, 5) is 33.7. The molecular formula is C22H39N7O3. The molecule has 2 rings (SSSR count). The fourth-order valence-electron chi connectivity index (χ4n) is 4.39. The van der Waals surface area contributed by atoms with Gasteiger partial charge in [-0.25, -0.2) is 9.79 Å². The van der Waals surface area contributed by atoms with Gasteiger partial charge in [-0.2, -0.15) is 5.26 Å². The SMILES string of the molecule is CCC(CC)N1CCC(C#N)(NC(=O)C(CC(C)C)N=C(NC(N)=O)N2CCOCC2)C1. The summed E-state index contributed by atoms with van der Waals surface area (Å²) in [6, 6.07) is 1.29. The fourth-order valence-corrected chi connectivity index (χ4v) is 4.39. The normalized spacial score (nSPS) is 23.3. The number of carbonyl (C=O) groups is 2. The number of likely N-dealkylation sites (tertiary alicyclic amines) is 1. The predicted molar refractivity (Wildman–Crippen MR) is 123 cm³/mol. The van der Waals surface area contributed by atoms with E-state index in [0.717, 1.165) is 19.4 Å². The molecule has 32 heavy (non-hydrogen) atoms. The van der Waals surface area contributed by atoms with E-state index < -0.39 is 17.6 Å². The summed E-state index contributed by atoms with van der Waals surface area (Å²) in [7, 11) is 0. The molecule has 0 spiro atoms. The molecule has 4 N–H and O–H groups in total. The van der Waals surface area contributed by atoms with Crippen molar-refractivity contribution in [2.45, 2.75) is 71.0 Å². The Morgan fingerprint density at radius 1 is 1.22 bits per heavy atom. The van der Waals surface area contributed by atoms with E-state index in [2.05, 4.69) is 40.4 Å². The molecule has 0 saturated carbocycles. The van der Waals surface area contributed by atoms with Crippen LogP contribution in [0.15, 0.2) is 4.99 Å². The zero-order valence-electron chi connectivity index (χ0n) is 19.9. The van der Waals surface area contributed by atoms with Gasteiger partial charge in [-0.05, 0) is 31.6 Å². The summed E-state index contributed by atoms with van der Waals surface area (Å²) in [5.41, 5.74) is 4.43. The zero-order valence-corrected chi connectivity index (χ0v) is 19.9. The largest absolute Gasteiger partial charge is 0.378 e. The summed E-state index contributed by atoms with van der Waals surface area (Å²) in [5, 5.41) is 15.5. The Balaban J connectivity index is 2.23. The van der Waals surface area contributed by atoms with Gasteiger partial charge in [0.1, 0.15) is 11.6 Å². The summed E-state index contributed by atoms with van der Waals surface area (Å²) in [6.45, 7) is 11.7. The Morgan fingerprint density at radius 2 is 1.88 bits per heavy atom. The van der Waals surface area contributed by atoms with Gasteiger partial charge >= 0.3 is 6.03 Å². The van der Waals surface area contributed by atoms with Crippen LogP contribution < -0.4 is 16.4 Å². The van der Waals surface area contributed by atoms with Gasteiger partial charge in [-0.3, -0.25) is 15.0 Å². The lowest BCUT2D eigenvalue weighted by Crippen LogP contribution is -2.54. The van der Waals surface area contributed by atoms with Crippen molar-refractivity contribution in [3.63, 3.8) is 0 Å². The van der Waals surface area contributed by atoms with Crippen LogP contribution in [-0.4, -0.2) is 84.7 Å². The first-order chi connectivity index (χ1) is 15.2. The smallest absolute Gasteiger partial charge is 0.318 e. The molecule has 2 saturated heterocycles. The van der Waals surface area contributed by atoms with E-state index >= 15 is 0 Å². The van der Waals surface area contributed by atoms with Gasteiger partial charge in [-0.15, -0.1) is 0 Å². The van der Waals surface area contributed by atoms with E-state index in [9.17, 15) is 14.9 Å². The number of primary amides is 1. The number of hydrogen-bond acceptors (Lipinski definition) is 6. The minimum Gasteiger partial charge on any atom is -0.378 e. The van der Waals surface area contributed by atoms with E-state index in [4.69, 9.17) is 10.5 Å². The van der Waals surface area contributed by atoms with Crippen LogP contribution in [0, 0.1) is 17.2 Å². The Morgan fingerprint density at radius 3 is 2.41 bits per heavy atom. The molecule has 3 amide bonds. The third kappa shape index (κ3) is 7.07. The van der Waals surface area contributed by atoms with Crippen molar-refractivity contribution < 1.29 is 14.3 Å². The topological polar surface area (TPSA) is 136 Å². The van der Waals surface area contributed by atoms with E-state index in [-0.39, 0.29) is 17.8 Å². The highest BCUT2D eigenvalue weighted by atomic mass is 16.5. The van der Waals surface area contributed by atoms with Crippen LogP contribution in [0.3, 0.4) is 0 Å². The molecule has 2 fully saturated rings. The van der Waals surface area contributed by atoms with Gasteiger partial charge < -0.3 is 20.7 Å². The molecule has 0 radical (unpaired) electrons. The second-order valence-electron chi connectivity index (χ2n) is 9.06. The summed E-state index contributed by atoms with van der Waals surface area (Å²) in [5.74, 6) is 0.165. The molecule has 2 atom stereocenters. The molecule has 2 unspecified atom stereocenters. The molecule has 10 nitrogen and oxygen atoms in total. The van der Waals surface area contributed by atoms with Crippen LogP contribution in [0.2, 0.25) is 0 Å². The second kappa shape index (κ2) is 12.0. The van der Waals surface area contributed by atoms with Crippen molar-refractivity contribution in [1.29, 1.82) is 5.26 Å². The first-order valence-corrected chi connectivity index (χ1v) is 11.7. The summed E-state index contributed by atoms with van der Waals surface area (Å²) < 4.78 is 5.38. The number of urea groups is 1. The second-order valence-corrected chi connectivity index (χ2v) is 9.06. The van der Waals surface area contributed by atoms with Crippen LogP contribution in [-0.2, 0) is 9.53 Å². The number of nitriles is 1. The highest BCUT2D eigenvalue weighted by Gasteiger charge is 2.42. The molecular weight excluding hydrogens is 410 g/mol. The first-order valence-electron chi connectivity index (χ1n) is 11.7. The Kier molecular flexibility index (Phi) is 9.72.